The molecule has 0 aliphatic carbocycles. The van der Waals surface area contributed by atoms with Gasteiger partial charge in [0.05, 0.1) is 17.7 Å². The Hall–Kier alpha value is -1.95. The normalized spacial score (nSPS) is 11.2. The van der Waals surface area contributed by atoms with Crippen LogP contribution in [0.2, 0.25) is 5.02 Å². The van der Waals surface area contributed by atoms with Gasteiger partial charge in [-0.05, 0) is 30.3 Å². The Morgan fingerprint density at radius 2 is 1.85 bits per heavy atom. The van der Waals surface area contributed by atoms with Crippen LogP contribution in [0.1, 0.15) is 5.56 Å². The van der Waals surface area contributed by atoms with Crippen molar-refractivity contribution < 1.29 is 17.9 Å². The van der Waals surface area contributed by atoms with Gasteiger partial charge >= 0.3 is 6.18 Å². The summed E-state index contributed by atoms with van der Waals surface area (Å²) < 4.78 is 42.4. The Morgan fingerprint density at radius 1 is 1.20 bits per heavy atom. The lowest BCUT2D eigenvalue weighted by Gasteiger charge is -2.11. The van der Waals surface area contributed by atoms with E-state index in [4.69, 9.17) is 16.3 Å². The second kappa shape index (κ2) is 5.58. The van der Waals surface area contributed by atoms with E-state index in [-0.39, 0.29) is 10.8 Å². The highest BCUT2D eigenvalue weighted by atomic mass is 35.5. The summed E-state index contributed by atoms with van der Waals surface area (Å²) in [5.41, 5.74) is -0.247. The molecule has 0 unspecified atom stereocenters. The average Bonchev–Trinajstić information content (AvgIpc) is 2.41. The van der Waals surface area contributed by atoms with E-state index in [0.29, 0.717) is 11.4 Å². The van der Waals surface area contributed by atoms with E-state index in [0.717, 1.165) is 12.3 Å². The third kappa shape index (κ3) is 3.33. The minimum Gasteiger partial charge on any atom is -0.497 e. The number of benzene rings is 1. The molecule has 1 heterocycles. The molecule has 0 saturated heterocycles. The number of nitrogens with one attached hydrogen (secondary N) is 1. The topological polar surface area (TPSA) is 34.1 Å². The zero-order chi connectivity index (χ0) is 14.8. The molecule has 3 nitrogen and oxygen atoms in total. The van der Waals surface area contributed by atoms with Crippen molar-refractivity contribution in [3.63, 3.8) is 0 Å². The summed E-state index contributed by atoms with van der Waals surface area (Å²) in [6, 6.07) is 7.66. The first-order valence-electron chi connectivity index (χ1n) is 5.54. The van der Waals surface area contributed by atoms with Gasteiger partial charge in [0.15, 0.2) is 0 Å². The lowest BCUT2D eigenvalue weighted by molar-refractivity contribution is -0.137. The minimum atomic E-state index is -4.46. The van der Waals surface area contributed by atoms with E-state index in [2.05, 4.69) is 10.3 Å². The number of halogens is 4. The zero-order valence-electron chi connectivity index (χ0n) is 10.3. The molecule has 20 heavy (non-hydrogen) atoms. The molecule has 0 amide bonds. The minimum absolute atomic E-state index is 0.101. The summed E-state index contributed by atoms with van der Waals surface area (Å²) in [7, 11) is 1.54. The van der Waals surface area contributed by atoms with Gasteiger partial charge in [0.1, 0.15) is 11.6 Å². The molecule has 2 rings (SSSR count). The Morgan fingerprint density at radius 3 is 2.35 bits per heavy atom. The number of methoxy groups -OCH3 is 1. The number of nitrogens with zero attached hydrogens (tertiary/aromatic N) is 1. The third-order valence-electron chi connectivity index (χ3n) is 2.52. The highest BCUT2D eigenvalue weighted by Gasteiger charge is 2.31. The van der Waals surface area contributed by atoms with Crippen LogP contribution in [0.25, 0.3) is 0 Å². The van der Waals surface area contributed by atoms with Crippen molar-refractivity contribution in [2.75, 3.05) is 12.4 Å². The van der Waals surface area contributed by atoms with Crippen molar-refractivity contribution in [2.24, 2.45) is 0 Å². The Kier molecular flexibility index (Phi) is 4.04. The van der Waals surface area contributed by atoms with Crippen LogP contribution < -0.4 is 10.1 Å². The molecule has 0 spiro atoms. The first-order valence-corrected chi connectivity index (χ1v) is 5.92. The van der Waals surface area contributed by atoms with Gasteiger partial charge in [-0.2, -0.15) is 13.2 Å². The van der Waals surface area contributed by atoms with Gasteiger partial charge in [0, 0.05) is 11.9 Å². The van der Waals surface area contributed by atoms with E-state index in [1.165, 1.54) is 7.11 Å². The van der Waals surface area contributed by atoms with Crippen LogP contribution in [0.4, 0.5) is 24.7 Å². The first kappa shape index (κ1) is 14.5. The summed E-state index contributed by atoms with van der Waals surface area (Å²) in [5.74, 6) is 0.826. The number of pyridine rings is 1. The summed E-state index contributed by atoms with van der Waals surface area (Å²) >= 11 is 5.79. The molecule has 0 saturated carbocycles. The van der Waals surface area contributed by atoms with Gasteiger partial charge in [-0.15, -0.1) is 0 Å². The van der Waals surface area contributed by atoms with Crippen LogP contribution in [0, 0.1) is 0 Å². The number of hydrogen-bond donors (Lipinski definition) is 1. The fourth-order valence-electron chi connectivity index (χ4n) is 1.50. The maximum atomic E-state index is 12.5. The number of hydrogen-bond acceptors (Lipinski definition) is 3. The number of ether oxygens (including phenoxy) is 1. The average molecular weight is 303 g/mol. The number of aromatic nitrogens is 1. The predicted molar refractivity (Wildman–Crippen MR) is 70.5 cm³/mol. The third-order valence-corrected chi connectivity index (χ3v) is 2.81. The summed E-state index contributed by atoms with van der Waals surface area (Å²) in [5, 5.41) is 2.73. The molecule has 1 aromatic heterocycles. The lowest BCUT2D eigenvalue weighted by Crippen LogP contribution is -2.06. The Labute approximate surface area is 118 Å². The molecule has 0 atom stereocenters. The molecule has 1 aromatic carbocycles. The molecule has 1 N–H and O–H groups in total. The molecular weight excluding hydrogens is 293 g/mol. The van der Waals surface area contributed by atoms with E-state index in [1.54, 1.807) is 24.3 Å². The van der Waals surface area contributed by atoms with Crippen molar-refractivity contribution >= 4 is 23.1 Å². The molecule has 7 heteroatoms. The van der Waals surface area contributed by atoms with Crippen LogP contribution in [0.15, 0.2) is 36.5 Å². The number of rotatable bonds is 3. The van der Waals surface area contributed by atoms with Gasteiger partial charge in [0.2, 0.25) is 0 Å². The van der Waals surface area contributed by atoms with E-state index >= 15 is 0 Å². The van der Waals surface area contributed by atoms with Gasteiger partial charge in [-0.1, -0.05) is 11.6 Å². The van der Waals surface area contributed by atoms with Crippen LogP contribution in [-0.2, 0) is 6.18 Å². The van der Waals surface area contributed by atoms with Crippen molar-refractivity contribution in [1.29, 1.82) is 0 Å². The fraction of sp³-hybridized carbons (Fsp3) is 0.154. The van der Waals surface area contributed by atoms with Crippen molar-refractivity contribution in [3.05, 3.63) is 47.1 Å². The molecular formula is C13H10ClF3N2O. The zero-order valence-corrected chi connectivity index (χ0v) is 11.1. The highest BCUT2D eigenvalue weighted by molar-refractivity contribution is 6.33. The molecule has 0 fully saturated rings. The molecule has 0 radical (unpaired) electrons. The van der Waals surface area contributed by atoms with Crippen LogP contribution in [-0.4, -0.2) is 12.1 Å². The van der Waals surface area contributed by atoms with Crippen LogP contribution in [0.5, 0.6) is 5.75 Å². The van der Waals surface area contributed by atoms with Gasteiger partial charge in [-0.25, -0.2) is 4.98 Å². The summed E-state index contributed by atoms with van der Waals surface area (Å²) in [6.45, 7) is 0. The van der Waals surface area contributed by atoms with Gasteiger partial charge in [-0.3, -0.25) is 0 Å². The molecule has 0 aliphatic rings. The second-order valence-electron chi connectivity index (χ2n) is 3.91. The largest absolute Gasteiger partial charge is 0.497 e. The number of alkyl halides is 3. The lowest BCUT2D eigenvalue weighted by atomic mass is 10.2. The maximum absolute atomic E-state index is 12.5. The number of anilines is 2. The predicted octanol–water partition coefficient (Wildman–Crippen LogP) is 4.51. The summed E-state index contributed by atoms with van der Waals surface area (Å²) in [4.78, 5) is 3.69. The van der Waals surface area contributed by atoms with E-state index < -0.39 is 11.7 Å². The SMILES string of the molecule is COc1ccc(Nc2ncc(C(F)(F)F)cc2Cl)cc1. The summed E-state index contributed by atoms with van der Waals surface area (Å²) in [6.07, 6.45) is -3.73. The molecule has 0 bridgehead atoms. The van der Waals surface area contributed by atoms with Gasteiger partial charge < -0.3 is 10.1 Å². The Bertz CT molecular complexity index is 600. The fourth-order valence-corrected chi connectivity index (χ4v) is 1.71. The van der Waals surface area contributed by atoms with E-state index in [9.17, 15) is 13.2 Å². The highest BCUT2D eigenvalue weighted by Crippen LogP contribution is 2.33. The molecule has 2 aromatic rings. The second-order valence-corrected chi connectivity index (χ2v) is 4.31. The standard InChI is InChI=1S/C13H10ClF3N2O/c1-20-10-4-2-9(3-5-10)19-12-11(14)6-8(7-18-12)13(15,16)17/h2-7H,1H3,(H,18,19). The van der Waals surface area contributed by atoms with Gasteiger partial charge in [0.25, 0.3) is 0 Å². The maximum Gasteiger partial charge on any atom is 0.417 e. The van der Waals surface area contributed by atoms with Crippen molar-refractivity contribution in [2.45, 2.75) is 6.18 Å². The monoisotopic (exact) mass is 302 g/mol. The Balaban J connectivity index is 2.21. The van der Waals surface area contributed by atoms with Crippen molar-refractivity contribution in [3.8, 4) is 5.75 Å². The smallest absolute Gasteiger partial charge is 0.417 e. The first-order chi connectivity index (χ1) is 9.40. The quantitative estimate of drug-likeness (QED) is 0.906. The van der Waals surface area contributed by atoms with Crippen LogP contribution in [0.3, 0.4) is 0 Å². The van der Waals surface area contributed by atoms with Crippen LogP contribution >= 0.6 is 11.6 Å². The van der Waals surface area contributed by atoms with E-state index in [1.807, 2.05) is 0 Å². The molecule has 0 aliphatic heterocycles. The molecule has 106 valence electrons. The van der Waals surface area contributed by atoms with Crippen molar-refractivity contribution in [1.82, 2.24) is 4.98 Å².